The second-order valence-corrected chi connectivity index (χ2v) is 4.50. The Kier molecular flexibility index (Phi) is 37.9. The summed E-state index contributed by atoms with van der Waals surface area (Å²) in [7, 11) is 0. The van der Waals surface area contributed by atoms with Crippen LogP contribution in [0.2, 0.25) is 0 Å². The van der Waals surface area contributed by atoms with Crippen molar-refractivity contribution in [2.45, 2.75) is 37.4 Å². The zero-order chi connectivity index (χ0) is 22.3. The Morgan fingerprint density at radius 2 is 0.600 bits per heavy atom. The molecule has 0 aromatic carbocycles. The number of hydrogen-bond acceptors (Lipinski definition) is 15. The molecule has 0 aliphatic carbocycles. The zero-order valence-corrected chi connectivity index (χ0v) is 22.2. The van der Waals surface area contributed by atoms with E-state index in [0.29, 0.717) is 0 Å². The van der Waals surface area contributed by atoms with Crippen molar-refractivity contribution in [1.82, 2.24) is 0 Å². The van der Waals surface area contributed by atoms with Gasteiger partial charge in [0.1, 0.15) is 0 Å². The molecule has 0 bridgehead atoms. The van der Waals surface area contributed by atoms with Crippen LogP contribution in [0.5, 0.6) is 0 Å². The van der Waals surface area contributed by atoms with Gasteiger partial charge in [0, 0.05) is 55.3 Å². The molecule has 0 amide bonds. The quantitative estimate of drug-likeness (QED) is 0.241. The normalized spacial score (nSPS) is 11.3. The fourth-order valence-corrected chi connectivity index (χ4v) is 0.789. The van der Waals surface area contributed by atoms with Crippen LogP contribution in [-0.4, -0.2) is 167 Å². The van der Waals surface area contributed by atoms with Crippen LogP contribution in [0.1, 0.15) is 19.3 Å². The second kappa shape index (κ2) is 25.7. The summed E-state index contributed by atoms with van der Waals surface area (Å²) in [5, 5.41) is 58.0. The van der Waals surface area contributed by atoms with E-state index >= 15 is 0 Å². The van der Waals surface area contributed by atoms with Crippen LogP contribution in [0.4, 0.5) is 0 Å². The van der Waals surface area contributed by atoms with Crippen LogP contribution < -0.4 is 47.8 Å². The number of nitrogens with two attached hydrogens (primary N) is 3. The molecule has 0 heterocycles. The first-order valence-electron chi connectivity index (χ1n) is 6.60. The standard InChI is InChI=1S/3C4H7NO4.3Ca/c3*5-2(4(8)9)1-3(6)7;;;/h3*2H,1,5H2,(H,6,7)(H,8,9);;;/q;;;3*+2/p-6/t3*2-;;;/m000.../s1. The summed E-state index contributed by atoms with van der Waals surface area (Å²) in [6.07, 6.45) is -2.12. The van der Waals surface area contributed by atoms with Gasteiger partial charge in [-0.05, 0) is 0 Å². The van der Waals surface area contributed by atoms with E-state index in [1.165, 1.54) is 0 Å². The Balaban J connectivity index is -0.0000000686. The van der Waals surface area contributed by atoms with Crippen molar-refractivity contribution in [2.24, 2.45) is 17.2 Å². The van der Waals surface area contributed by atoms with Crippen LogP contribution in [0.3, 0.4) is 0 Å². The minimum atomic E-state index is -1.58. The van der Waals surface area contributed by atoms with Crippen molar-refractivity contribution in [3.8, 4) is 0 Å². The van der Waals surface area contributed by atoms with Crippen molar-refractivity contribution in [3.05, 3.63) is 0 Å². The molecule has 0 aromatic rings. The van der Waals surface area contributed by atoms with E-state index in [1.54, 1.807) is 0 Å². The molecule has 3 atom stereocenters. The smallest absolute Gasteiger partial charge is 0.550 e. The van der Waals surface area contributed by atoms with Crippen molar-refractivity contribution in [3.63, 3.8) is 0 Å². The first-order chi connectivity index (χ1) is 12.1. The monoisotopic (exact) mass is 513 g/mol. The molecule has 30 heavy (non-hydrogen) atoms. The van der Waals surface area contributed by atoms with Crippen molar-refractivity contribution >= 4 is 149 Å². The first-order valence-corrected chi connectivity index (χ1v) is 6.60. The number of carbonyl (C=O) groups excluding carboxylic acids is 6. The molecule has 0 rings (SSSR count). The van der Waals surface area contributed by atoms with Gasteiger partial charge in [0.05, 0.1) is 17.9 Å². The van der Waals surface area contributed by atoms with E-state index < -0.39 is 73.2 Å². The molecule has 18 heteroatoms. The summed E-state index contributed by atoms with van der Waals surface area (Å²) in [4.78, 5) is 58.0. The van der Waals surface area contributed by atoms with Crippen LogP contribution in [0, 0.1) is 0 Å². The molecule has 0 saturated carbocycles. The number of carboxylic acid groups (broad SMARTS) is 6. The minimum Gasteiger partial charge on any atom is -0.550 e. The number of rotatable bonds is 9. The van der Waals surface area contributed by atoms with Crippen LogP contribution in [0.15, 0.2) is 0 Å². The Morgan fingerprint density at radius 3 is 0.633 bits per heavy atom. The molecule has 15 nitrogen and oxygen atoms in total. The van der Waals surface area contributed by atoms with Crippen LogP contribution in [-0.2, 0) is 28.8 Å². The fraction of sp³-hybridized carbons (Fsp3) is 0.500. The fourth-order valence-electron chi connectivity index (χ4n) is 0.789. The number of aliphatic carboxylic acids is 6. The summed E-state index contributed by atoms with van der Waals surface area (Å²) in [6, 6.07) is -4.39. The largest absolute Gasteiger partial charge is 2.00 e. The summed E-state index contributed by atoms with van der Waals surface area (Å²) in [5.74, 6) is -9.23. The van der Waals surface area contributed by atoms with E-state index in [2.05, 4.69) is 0 Å². The Hall–Kier alpha value is 0.479. The van der Waals surface area contributed by atoms with Gasteiger partial charge in [-0.25, -0.2) is 0 Å². The first kappa shape index (κ1) is 44.2. The van der Waals surface area contributed by atoms with Gasteiger partial charge in [-0.2, -0.15) is 0 Å². The third kappa shape index (κ3) is 35.9. The van der Waals surface area contributed by atoms with Gasteiger partial charge in [0.2, 0.25) is 0 Å². The molecule has 0 aliphatic rings. The van der Waals surface area contributed by atoms with E-state index in [-0.39, 0.29) is 113 Å². The summed E-state index contributed by atoms with van der Waals surface area (Å²) < 4.78 is 0. The minimum absolute atomic E-state index is 0. The van der Waals surface area contributed by atoms with Gasteiger partial charge >= 0.3 is 113 Å². The molecule has 0 fully saturated rings. The summed E-state index contributed by atoms with van der Waals surface area (Å²) in [5.41, 5.74) is 14.2. The molecule has 0 radical (unpaired) electrons. The van der Waals surface area contributed by atoms with Gasteiger partial charge in [-0.3, -0.25) is 0 Å². The van der Waals surface area contributed by atoms with Crippen molar-refractivity contribution in [2.75, 3.05) is 0 Å². The van der Waals surface area contributed by atoms with Crippen LogP contribution in [0.25, 0.3) is 0 Å². The summed E-state index contributed by atoms with van der Waals surface area (Å²) >= 11 is 0. The van der Waals surface area contributed by atoms with Gasteiger partial charge in [0.15, 0.2) is 0 Å². The Bertz CT molecular complexity index is 488. The molecular formula is C12H15Ca3N3O12. The molecule has 0 unspecified atom stereocenters. The average Bonchev–Trinajstić information content (AvgIpc) is 2.46. The zero-order valence-electron chi connectivity index (χ0n) is 15.6. The predicted octanol–water partition coefficient (Wildman–Crippen LogP) is -12.5. The maximum atomic E-state index is 9.71. The maximum absolute atomic E-state index is 9.71. The van der Waals surface area contributed by atoms with Crippen molar-refractivity contribution < 1.29 is 59.4 Å². The van der Waals surface area contributed by atoms with E-state index in [0.717, 1.165) is 0 Å². The van der Waals surface area contributed by atoms with E-state index in [4.69, 9.17) is 17.2 Å². The topological polar surface area (TPSA) is 319 Å². The summed E-state index contributed by atoms with van der Waals surface area (Å²) in [6.45, 7) is 0. The molecule has 0 spiro atoms. The Labute approximate surface area is 259 Å². The van der Waals surface area contributed by atoms with Gasteiger partial charge in [-0.15, -0.1) is 0 Å². The van der Waals surface area contributed by atoms with Crippen LogP contribution >= 0.6 is 0 Å². The van der Waals surface area contributed by atoms with Gasteiger partial charge in [0.25, 0.3) is 0 Å². The molecule has 0 saturated heterocycles. The SMILES string of the molecule is N[C@@H](CC(=O)[O-])C(=O)[O-].N[C@@H](CC(=O)[O-])C(=O)[O-].N[C@@H](CC(=O)[O-])C(=O)[O-].[Ca+2].[Ca+2].[Ca+2]. The third-order valence-corrected chi connectivity index (χ3v) is 2.07. The van der Waals surface area contributed by atoms with Gasteiger partial charge in [-0.1, -0.05) is 0 Å². The van der Waals surface area contributed by atoms with Gasteiger partial charge < -0.3 is 76.6 Å². The Morgan fingerprint density at radius 1 is 0.467 bits per heavy atom. The number of carbonyl (C=O) groups is 6. The predicted molar refractivity (Wildman–Crippen MR) is 85.1 cm³/mol. The number of hydrogen-bond donors (Lipinski definition) is 3. The second-order valence-electron chi connectivity index (χ2n) is 4.50. The van der Waals surface area contributed by atoms with E-state index in [1.807, 2.05) is 0 Å². The molecule has 0 aliphatic heterocycles. The molecular weight excluding hydrogens is 498 g/mol. The molecule has 6 N–H and O–H groups in total. The number of carboxylic acids is 6. The van der Waals surface area contributed by atoms with E-state index in [9.17, 15) is 59.4 Å². The van der Waals surface area contributed by atoms with Crippen molar-refractivity contribution in [1.29, 1.82) is 0 Å². The maximum Gasteiger partial charge on any atom is 2.00 e. The molecule has 0 aromatic heterocycles. The molecule has 156 valence electrons. The third-order valence-electron chi connectivity index (χ3n) is 2.07. The average molecular weight is 513 g/mol.